The van der Waals surface area contributed by atoms with Crippen molar-refractivity contribution in [3.8, 4) is 11.8 Å². The van der Waals surface area contributed by atoms with E-state index in [9.17, 15) is 10.1 Å². The van der Waals surface area contributed by atoms with Crippen LogP contribution in [0.1, 0.15) is 26.3 Å². The Morgan fingerprint density at radius 2 is 2.14 bits per heavy atom. The van der Waals surface area contributed by atoms with Crippen molar-refractivity contribution in [2.45, 2.75) is 32.4 Å². The molecule has 0 N–H and O–H groups in total. The normalized spacial score (nSPS) is 18.8. The van der Waals surface area contributed by atoms with E-state index in [2.05, 4.69) is 16.0 Å². The van der Waals surface area contributed by atoms with Crippen molar-refractivity contribution in [3.63, 3.8) is 0 Å². The van der Waals surface area contributed by atoms with Gasteiger partial charge < -0.3 is 19.3 Å². The number of amides is 1. The van der Waals surface area contributed by atoms with Crippen LogP contribution >= 0.6 is 0 Å². The minimum atomic E-state index is -0.546. The third-order valence-electron chi connectivity index (χ3n) is 4.53. The molecule has 1 atom stereocenters. The van der Waals surface area contributed by atoms with E-state index in [-0.39, 0.29) is 12.1 Å². The lowest BCUT2D eigenvalue weighted by atomic mass is 10.1. The topological polar surface area (TPSA) is 81.4 Å². The average Bonchev–Trinajstić information content (AvgIpc) is 2.75. The number of carbonyl (C=O) groups is 1. The second-order valence-corrected chi connectivity index (χ2v) is 8.21. The Morgan fingerprint density at radius 1 is 1.39 bits per heavy atom. The summed E-state index contributed by atoms with van der Waals surface area (Å²) in [5.74, 6) is 0.532. The van der Waals surface area contributed by atoms with Crippen molar-refractivity contribution in [2.75, 3.05) is 45.2 Å². The maximum atomic E-state index is 12.6. The number of rotatable bonds is 2. The van der Waals surface area contributed by atoms with Gasteiger partial charge in [-0.15, -0.1) is 0 Å². The van der Waals surface area contributed by atoms with E-state index in [0.29, 0.717) is 43.2 Å². The Bertz CT molecular complexity index is 822. The molecule has 2 aliphatic heterocycles. The summed E-state index contributed by atoms with van der Waals surface area (Å²) in [6, 6.07) is 5.86. The summed E-state index contributed by atoms with van der Waals surface area (Å²) < 4.78 is 11.6. The molecule has 3 rings (SSSR count). The third kappa shape index (κ3) is 4.14. The monoisotopic (exact) mass is 385 g/mol. The van der Waals surface area contributed by atoms with Crippen molar-refractivity contribution in [2.24, 2.45) is 4.99 Å². The fourth-order valence-corrected chi connectivity index (χ4v) is 3.31. The van der Waals surface area contributed by atoms with Crippen LogP contribution in [-0.2, 0) is 4.74 Å². The number of anilines is 1. The van der Waals surface area contributed by atoms with Crippen LogP contribution < -0.4 is 9.64 Å². The third-order valence-corrected chi connectivity index (χ3v) is 4.53. The minimum Gasteiger partial charge on any atom is -0.488 e. The summed E-state index contributed by atoms with van der Waals surface area (Å²) >= 11 is 0. The van der Waals surface area contributed by atoms with Gasteiger partial charge in [-0.05, 0) is 32.9 Å². The number of fused-ring (bicyclic) bond motifs is 4. The van der Waals surface area contributed by atoms with Gasteiger partial charge in [0.15, 0.2) is 5.75 Å². The number of piperazine rings is 1. The molecule has 1 amide bonds. The van der Waals surface area contributed by atoms with Crippen LogP contribution in [0.2, 0.25) is 0 Å². The molecule has 0 aliphatic carbocycles. The average molecular weight is 385 g/mol. The Morgan fingerprint density at radius 3 is 2.79 bits per heavy atom. The molecular formula is C20H27N5O3. The van der Waals surface area contributed by atoms with E-state index < -0.39 is 5.60 Å². The molecule has 0 unspecified atom stereocenters. The van der Waals surface area contributed by atoms with Crippen LogP contribution in [0.3, 0.4) is 0 Å². The molecule has 0 radical (unpaired) electrons. The van der Waals surface area contributed by atoms with Gasteiger partial charge in [0.1, 0.15) is 23.8 Å². The first-order valence-corrected chi connectivity index (χ1v) is 9.34. The van der Waals surface area contributed by atoms with Crippen molar-refractivity contribution in [3.05, 3.63) is 17.7 Å². The summed E-state index contributed by atoms with van der Waals surface area (Å²) in [6.07, 6.45) is 1.32. The molecule has 2 bridgehead atoms. The van der Waals surface area contributed by atoms with Crippen molar-refractivity contribution in [1.29, 1.82) is 5.26 Å². The largest absolute Gasteiger partial charge is 0.488 e. The molecule has 2 aliphatic rings. The lowest BCUT2D eigenvalue weighted by Crippen LogP contribution is -2.57. The van der Waals surface area contributed by atoms with Gasteiger partial charge in [0.05, 0.1) is 23.8 Å². The van der Waals surface area contributed by atoms with E-state index in [1.54, 1.807) is 11.2 Å². The summed E-state index contributed by atoms with van der Waals surface area (Å²) in [6.45, 7) is 7.71. The van der Waals surface area contributed by atoms with Crippen LogP contribution in [0.15, 0.2) is 17.1 Å². The Kier molecular flexibility index (Phi) is 5.36. The van der Waals surface area contributed by atoms with Gasteiger partial charge in [0.2, 0.25) is 0 Å². The van der Waals surface area contributed by atoms with Gasteiger partial charge in [-0.1, -0.05) is 0 Å². The first-order valence-electron chi connectivity index (χ1n) is 9.34. The van der Waals surface area contributed by atoms with Crippen molar-refractivity contribution in [1.82, 2.24) is 9.80 Å². The van der Waals surface area contributed by atoms with Crippen LogP contribution in [-0.4, -0.2) is 74.2 Å². The maximum absolute atomic E-state index is 12.6. The van der Waals surface area contributed by atoms with Gasteiger partial charge in [0, 0.05) is 33.7 Å². The predicted octanol–water partition coefficient (Wildman–Crippen LogP) is 2.60. The Balaban J connectivity index is 1.88. The van der Waals surface area contributed by atoms with E-state index >= 15 is 0 Å². The summed E-state index contributed by atoms with van der Waals surface area (Å²) in [5, 5.41) is 9.72. The number of nitriles is 1. The second-order valence-electron chi connectivity index (χ2n) is 8.21. The van der Waals surface area contributed by atoms with Crippen LogP contribution in [0.4, 0.5) is 16.2 Å². The molecule has 1 aromatic rings. The lowest BCUT2D eigenvalue weighted by molar-refractivity contribution is 0.00975. The van der Waals surface area contributed by atoms with Crippen molar-refractivity contribution >= 4 is 23.8 Å². The molecule has 0 spiro atoms. The smallest absolute Gasteiger partial charge is 0.410 e. The molecule has 8 heteroatoms. The first kappa shape index (κ1) is 19.8. The predicted molar refractivity (Wildman–Crippen MR) is 107 cm³/mol. The maximum Gasteiger partial charge on any atom is 0.410 e. The molecule has 1 fully saturated rings. The van der Waals surface area contributed by atoms with Gasteiger partial charge in [-0.25, -0.2) is 9.79 Å². The molecule has 0 aromatic heterocycles. The zero-order valence-electron chi connectivity index (χ0n) is 17.1. The Labute approximate surface area is 165 Å². The number of ether oxygens (including phenoxy) is 2. The van der Waals surface area contributed by atoms with Gasteiger partial charge in [-0.2, -0.15) is 5.26 Å². The van der Waals surface area contributed by atoms with Crippen LogP contribution in [0.5, 0.6) is 5.75 Å². The SMILES string of the molecule is CN(C)C=Nc1ccc2c(c1C#N)OC[C@@H]1CN2CCN1C(=O)OC(C)(C)C. The van der Waals surface area contributed by atoms with Crippen molar-refractivity contribution < 1.29 is 14.3 Å². The fraction of sp³-hybridized carbons (Fsp3) is 0.550. The van der Waals surface area contributed by atoms with E-state index in [0.717, 1.165) is 5.69 Å². The zero-order chi connectivity index (χ0) is 20.5. The van der Waals surface area contributed by atoms with E-state index in [4.69, 9.17) is 9.47 Å². The standard InChI is InChI=1S/C20H27N5O3/c1-20(2,3)28-19(26)25-9-8-24-11-14(25)12-27-18-15(10-21)16(6-7-17(18)24)22-13-23(4)5/h6-7,13-14H,8-9,11-12H2,1-5H3/t14-/m0/s1. The highest BCUT2D eigenvalue weighted by Crippen LogP contribution is 2.40. The number of nitrogens with zero attached hydrogens (tertiary/aromatic N) is 5. The number of aliphatic imine (C=N–C) groups is 1. The van der Waals surface area contributed by atoms with Gasteiger partial charge in [0.25, 0.3) is 0 Å². The molecule has 8 nitrogen and oxygen atoms in total. The molecular weight excluding hydrogens is 358 g/mol. The molecule has 1 aromatic carbocycles. The molecule has 28 heavy (non-hydrogen) atoms. The van der Waals surface area contributed by atoms with E-state index in [1.165, 1.54) is 0 Å². The molecule has 2 heterocycles. The summed E-state index contributed by atoms with van der Waals surface area (Å²) in [5.41, 5.74) is 1.30. The van der Waals surface area contributed by atoms with Crippen LogP contribution in [0.25, 0.3) is 0 Å². The summed E-state index contributed by atoms with van der Waals surface area (Å²) in [7, 11) is 3.74. The highest BCUT2D eigenvalue weighted by atomic mass is 16.6. The molecule has 1 saturated heterocycles. The second kappa shape index (κ2) is 7.58. The quantitative estimate of drug-likeness (QED) is 0.575. The number of carbonyl (C=O) groups excluding carboxylic acids is 1. The summed E-state index contributed by atoms with van der Waals surface area (Å²) in [4.78, 5) is 22.7. The lowest BCUT2D eigenvalue weighted by Gasteiger charge is -2.40. The fourth-order valence-electron chi connectivity index (χ4n) is 3.31. The van der Waals surface area contributed by atoms with Crippen LogP contribution in [0, 0.1) is 11.3 Å². The van der Waals surface area contributed by atoms with Gasteiger partial charge >= 0.3 is 6.09 Å². The molecule has 0 saturated carbocycles. The highest BCUT2D eigenvalue weighted by Gasteiger charge is 2.37. The van der Waals surface area contributed by atoms with Gasteiger partial charge in [-0.3, -0.25) is 4.90 Å². The van der Waals surface area contributed by atoms with E-state index in [1.807, 2.05) is 51.9 Å². The zero-order valence-corrected chi connectivity index (χ0v) is 17.1. The highest BCUT2D eigenvalue weighted by molar-refractivity contribution is 5.76. The number of hydrogen-bond acceptors (Lipinski definition) is 6. The number of hydrogen-bond donors (Lipinski definition) is 0. The minimum absolute atomic E-state index is 0.142. The molecule has 150 valence electrons. The Hall–Kier alpha value is -2.95. The first-order chi connectivity index (χ1) is 13.2. The number of benzene rings is 1.